The summed E-state index contributed by atoms with van der Waals surface area (Å²) in [5.41, 5.74) is 0.274. The van der Waals surface area contributed by atoms with Crippen molar-refractivity contribution in [2.24, 2.45) is 0 Å². The number of carbonyl (C=O) groups is 1. The highest BCUT2D eigenvalue weighted by molar-refractivity contribution is 6.04. The fraction of sp³-hybridized carbons (Fsp3) is 0.160. The summed E-state index contributed by atoms with van der Waals surface area (Å²) in [6.07, 6.45) is -4.54. The largest absolute Gasteiger partial charge is 0.460 e. The average Bonchev–Trinajstić information content (AvgIpc) is 3.33. The second kappa shape index (κ2) is 11.1. The molecule has 4 aromatic rings. The summed E-state index contributed by atoms with van der Waals surface area (Å²) in [5.74, 6) is -0.363. The van der Waals surface area contributed by atoms with E-state index >= 15 is 0 Å². The molecule has 1 amide bonds. The molecule has 3 aromatic carbocycles. The highest BCUT2D eigenvalue weighted by Gasteiger charge is 2.31. The van der Waals surface area contributed by atoms with E-state index in [1.807, 2.05) is 0 Å². The van der Waals surface area contributed by atoms with Crippen LogP contribution in [0.25, 0.3) is 17.1 Å². The topological polar surface area (TPSA) is 121 Å². The Bertz CT molecular complexity index is 1440. The number of alkyl halides is 3. The van der Waals surface area contributed by atoms with E-state index in [-0.39, 0.29) is 41.9 Å². The second-order valence-electron chi connectivity index (χ2n) is 7.85. The van der Waals surface area contributed by atoms with Crippen molar-refractivity contribution in [2.75, 3.05) is 25.6 Å². The molecule has 0 radical (unpaired) electrons. The van der Waals surface area contributed by atoms with Gasteiger partial charge < -0.3 is 14.8 Å². The molecular formula is C25H20F3N5O5. The van der Waals surface area contributed by atoms with Gasteiger partial charge in [-0.2, -0.15) is 18.2 Å². The quantitative estimate of drug-likeness (QED) is 0.182. The normalized spacial score (nSPS) is 11.3. The van der Waals surface area contributed by atoms with Crippen LogP contribution in [0.5, 0.6) is 6.01 Å². The number of aromatic nitrogens is 3. The smallest absolute Gasteiger partial charge is 0.416 e. The minimum Gasteiger partial charge on any atom is -0.460 e. The van der Waals surface area contributed by atoms with Crippen LogP contribution in [-0.2, 0) is 10.9 Å². The maximum atomic E-state index is 13.3. The van der Waals surface area contributed by atoms with Crippen LogP contribution in [-0.4, -0.2) is 45.9 Å². The summed E-state index contributed by atoms with van der Waals surface area (Å²) in [4.78, 5) is 27.0. The molecule has 13 heteroatoms. The van der Waals surface area contributed by atoms with E-state index in [2.05, 4.69) is 15.4 Å². The van der Waals surface area contributed by atoms with Crippen molar-refractivity contribution in [1.29, 1.82) is 0 Å². The standard InChI is InChI=1S/C25H20F3N5O5/c1-37-13-14-38-24-30-22(17-3-2-4-18(15-17)25(26,27)28)32(31-24)20-11-7-19(8-12-20)29-23(34)16-5-9-21(10-6-16)33(35)36/h2-12,15H,13-14H2,1H3,(H,29,34). The molecule has 0 fully saturated rings. The average molecular weight is 527 g/mol. The van der Waals surface area contributed by atoms with E-state index in [1.54, 1.807) is 24.3 Å². The molecule has 0 spiro atoms. The van der Waals surface area contributed by atoms with Gasteiger partial charge in [0.25, 0.3) is 11.6 Å². The number of anilines is 1. The number of nitrogens with one attached hydrogen (secondary N) is 1. The van der Waals surface area contributed by atoms with Crippen LogP contribution in [0.15, 0.2) is 72.8 Å². The molecule has 10 nitrogen and oxygen atoms in total. The van der Waals surface area contributed by atoms with Crippen molar-refractivity contribution >= 4 is 17.3 Å². The maximum absolute atomic E-state index is 13.3. The first kappa shape index (κ1) is 26.3. The molecule has 0 unspecified atom stereocenters. The molecule has 4 rings (SSSR count). The number of non-ortho nitro benzene ring substituents is 1. The summed E-state index contributed by atoms with van der Waals surface area (Å²) >= 11 is 0. The number of hydrogen-bond donors (Lipinski definition) is 1. The first-order valence-electron chi connectivity index (χ1n) is 11.1. The monoisotopic (exact) mass is 527 g/mol. The number of nitrogens with zero attached hydrogens (tertiary/aromatic N) is 4. The third-order valence-electron chi connectivity index (χ3n) is 5.26. The number of rotatable bonds is 9. The fourth-order valence-electron chi connectivity index (χ4n) is 3.40. The Labute approximate surface area is 213 Å². The Kier molecular flexibility index (Phi) is 7.67. The van der Waals surface area contributed by atoms with E-state index < -0.39 is 22.6 Å². The SMILES string of the molecule is COCCOc1nc(-c2cccc(C(F)(F)F)c2)n(-c2ccc(NC(=O)c3ccc([N+](=O)[O-])cc3)cc2)n1. The van der Waals surface area contributed by atoms with Gasteiger partial charge in [-0.1, -0.05) is 12.1 Å². The van der Waals surface area contributed by atoms with Crippen LogP contribution in [0.2, 0.25) is 0 Å². The fourth-order valence-corrected chi connectivity index (χ4v) is 3.40. The number of ether oxygens (including phenoxy) is 2. The van der Waals surface area contributed by atoms with E-state index in [1.165, 1.54) is 48.2 Å². The molecule has 0 aliphatic heterocycles. The Morgan fingerprint density at radius 1 is 1.05 bits per heavy atom. The lowest BCUT2D eigenvalue weighted by molar-refractivity contribution is -0.384. The predicted octanol–water partition coefficient (Wildman–Crippen LogP) is 5.14. The molecule has 0 saturated heterocycles. The van der Waals surface area contributed by atoms with E-state index in [9.17, 15) is 28.1 Å². The molecule has 196 valence electrons. The molecule has 1 N–H and O–H groups in total. The van der Waals surface area contributed by atoms with Gasteiger partial charge in [0, 0.05) is 36.1 Å². The summed E-state index contributed by atoms with van der Waals surface area (Å²) in [5, 5.41) is 17.8. The van der Waals surface area contributed by atoms with E-state index in [4.69, 9.17) is 9.47 Å². The zero-order chi connectivity index (χ0) is 27.3. The molecule has 0 aliphatic rings. The van der Waals surface area contributed by atoms with Crippen LogP contribution in [0.4, 0.5) is 24.5 Å². The van der Waals surface area contributed by atoms with Gasteiger partial charge >= 0.3 is 12.2 Å². The van der Waals surface area contributed by atoms with Gasteiger partial charge in [-0.15, -0.1) is 5.10 Å². The van der Waals surface area contributed by atoms with E-state index in [0.29, 0.717) is 11.4 Å². The molecule has 0 bridgehead atoms. The molecular weight excluding hydrogens is 507 g/mol. The lowest BCUT2D eigenvalue weighted by atomic mass is 10.1. The molecule has 0 saturated carbocycles. The second-order valence-corrected chi connectivity index (χ2v) is 7.85. The van der Waals surface area contributed by atoms with Crippen LogP contribution >= 0.6 is 0 Å². The number of nitro groups is 1. The molecule has 1 heterocycles. The van der Waals surface area contributed by atoms with Crippen LogP contribution in [0, 0.1) is 10.1 Å². The van der Waals surface area contributed by atoms with Gasteiger partial charge in [0.2, 0.25) is 0 Å². The predicted molar refractivity (Wildman–Crippen MR) is 130 cm³/mol. The summed E-state index contributed by atoms with van der Waals surface area (Å²) in [7, 11) is 1.49. The zero-order valence-electron chi connectivity index (χ0n) is 19.8. The first-order chi connectivity index (χ1) is 18.2. The van der Waals surface area contributed by atoms with Gasteiger partial charge in [0.05, 0.1) is 22.8 Å². The number of halogens is 3. The van der Waals surface area contributed by atoms with Gasteiger partial charge in [-0.25, -0.2) is 4.68 Å². The van der Waals surface area contributed by atoms with Crippen molar-refractivity contribution in [3.8, 4) is 23.1 Å². The van der Waals surface area contributed by atoms with Crippen LogP contribution in [0.3, 0.4) is 0 Å². The lowest BCUT2D eigenvalue weighted by Crippen LogP contribution is -2.12. The van der Waals surface area contributed by atoms with Crippen molar-refractivity contribution in [1.82, 2.24) is 14.8 Å². The maximum Gasteiger partial charge on any atom is 0.416 e. The summed E-state index contributed by atoms with van der Waals surface area (Å²) in [6, 6.07) is 16.1. The Balaban J connectivity index is 1.60. The number of methoxy groups -OCH3 is 1. The summed E-state index contributed by atoms with van der Waals surface area (Å²) in [6.45, 7) is 0.396. The Morgan fingerprint density at radius 3 is 2.39 bits per heavy atom. The Hall–Kier alpha value is -4.78. The third-order valence-corrected chi connectivity index (χ3v) is 5.26. The summed E-state index contributed by atoms with van der Waals surface area (Å²) < 4.78 is 51.6. The number of hydrogen-bond acceptors (Lipinski definition) is 7. The Morgan fingerprint density at radius 2 is 1.76 bits per heavy atom. The van der Waals surface area contributed by atoms with Crippen LogP contribution in [0.1, 0.15) is 15.9 Å². The minimum atomic E-state index is -4.54. The number of amides is 1. The zero-order valence-corrected chi connectivity index (χ0v) is 19.8. The van der Waals surface area contributed by atoms with Crippen LogP contribution < -0.4 is 10.1 Å². The minimum absolute atomic E-state index is 0.0509. The molecule has 0 aliphatic carbocycles. The van der Waals surface area contributed by atoms with Crippen molar-refractivity contribution < 1.29 is 32.4 Å². The third kappa shape index (κ3) is 6.13. The van der Waals surface area contributed by atoms with Gasteiger partial charge in [0.1, 0.15) is 6.61 Å². The number of benzene rings is 3. The number of carbonyl (C=O) groups excluding carboxylic acids is 1. The van der Waals surface area contributed by atoms with Gasteiger partial charge in [-0.05, 0) is 48.5 Å². The molecule has 0 atom stereocenters. The van der Waals surface area contributed by atoms with Gasteiger partial charge in [0.15, 0.2) is 5.82 Å². The van der Waals surface area contributed by atoms with Crippen molar-refractivity contribution in [2.45, 2.75) is 6.18 Å². The van der Waals surface area contributed by atoms with Gasteiger partial charge in [-0.3, -0.25) is 14.9 Å². The number of nitro benzene ring substituents is 1. The highest BCUT2D eigenvalue weighted by atomic mass is 19.4. The molecule has 38 heavy (non-hydrogen) atoms. The van der Waals surface area contributed by atoms with Crippen molar-refractivity contribution in [3.63, 3.8) is 0 Å². The first-order valence-corrected chi connectivity index (χ1v) is 11.1. The van der Waals surface area contributed by atoms with Crippen molar-refractivity contribution in [3.05, 3.63) is 94.0 Å². The highest BCUT2D eigenvalue weighted by Crippen LogP contribution is 2.33. The lowest BCUT2D eigenvalue weighted by Gasteiger charge is -2.10. The molecule has 1 aromatic heterocycles. The van der Waals surface area contributed by atoms with E-state index in [0.717, 1.165) is 12.1 Å².